The third-order valence-electron chi connectivity index (χ3n) is 7.16. The first kappa shape index (κ1) is 26.6. The quantitative estimate of drug-likeness (QED) is 0.496. The molecule has 0 bridgehead atoms. The molecule has 2 saturated heterocycles. The minimum absolute atomic E-state index is 0.173. The van der Waals surface area contributed by atoms with Gasteiger partial charge in [0.05, 0.1) is 30.2 Å². The maximum atomic E-state index is 13.6. The Kier molecular flexibility index (Phi) is 8.50. The van der Waals surface area contributed by atoms with Gasteiger partial charge < -0.3 is 24.4 Å². The first-order valence-electron chi connectivity index (χ1n) is 13.1. The second-order valence-corrected chi connectivity index (χ2v) is 10.8. The molecule has 202 valence electrons. The number of rotatable bonds is 8. The molecule has 1 N–H and O–H groups in total. The van der Waals surface area contributed by atoms with E-state index in [9.17, 15) is 13.2 Å². The van der Waals surface area contributed by atoms with Crippen molar-refractivity contribution < 1.29 is 27.8 Å². The summed E-state index contributed by atoms with van der Waals surface area (Å²) in [5.41, 5.74) is 0.876. The zero-order chi connectivity index (χ0) is 25.8. The first-order chi connectivity index (χ1) is 17.9. The fourth-order valence-corrected chi connectivity index (χ4v) is 6.24. The molecule has 3 aliphatic heterocycles. The number of piperazine rings is 1. The van der Waals surface area contributed by atoms with Crippen molar-refractivity contribution in [1.29, 1.82) is 0 Å². The van der Waals surface area contributed by atoms with Crippen LogP contribution < -0.4 is 9.64 Å². The zero-order valence-electron chi connectivity index (χ0n) is 20.9. The number of β-amino-alcohol motifs (C(OH)–C–C–N with tert-alkyl or cyclic N) is 1. The van der Waals surface area contributed by atoms with Crippen molar-refractivity contribution >= 4 is 23.1 Å². The Morgan fingerprint density at radius 1 is 0.919 bits per heavy atom. The van der Waals surface area contributed by atoms with Crippen LogP contribution >= 0.6 is 11.8 Å². The van der Waals surface area contributed by atoms with E-state index in [0.29, 0.717) is 31.1 Å². The predicted octanol–water partition coefficient (Wildman–Crippen LogP) is 5.21. The first-order valence-corrected chi connectivity index (χ1v) is 13.9. The van der Waals surface area contributed by atoms with Gasteiger partial charge in [0.15, 0.2) is 6.29 Å². The van der Waals surface area contributed by atoms with E-state index in [-0.39, 0.29) is 12.9 Å². The van der Waals surface area contributed by atoms with Crippen molar-refractivity contribution in [3.63, 3.8) is 0 Å². The molecular weight excluding hydrogens is 503 g/mol. The summed E-state index contributed by atoms with van der Waals surface area (Å²) in [5.74, 6) is 0.717. The second-order valence-electron chi connectivity index (χ2n) is 9.74. The molecule has 1 atom stereocenters. The van der Waals surface area contributed by atoms with Gasteiger partial charge in [-0.15, -0.1) is 0 Å². The Balaban J connectivity index is 1.32. The topological polar surface area (TPSA) is 48.4 Å². The molecule has 2 aromatic rings. The number of hydrogen-bond acceptors (Lipinski definition) is 7. The molecule has 0 spiro atoms. The van der Waals surface area contributed by atoms with Crippen molar-refractivity contribution in [2.75, 3.05) is 63.9 Å². The van der Waals surface area contributed by atoms with Crippen molar-refractivity contribution in [2.24, 2.45) is 0 Å². The van der Waals surface area contributed by atoms with Gasteiger partial charge in [0.25, 0.3) is 0 Å². The highest BCUT2D eigenvalue weighted by Crippen LogP contribution is 2.50. The van der Waals surface area contributed by atoms with Crippen LogP contribution in [0.15, 0.2) is 46.2 Å². The molecule has 2 aromatic carbocycles. The van der Waals surface area contributed by atoms with Crippen LogP contribution in [-0.4, -0.2) is 80.2 Å². The highest BCUT2D eigenvalue weighted by Gasteiger charge is 2.33. The van der Waals surface area contributed by atoms with Gasteiger partial charge >= 0.3 is 6.18 Å². The lowest BCUT2D eigenvalue weighted by atomic mass is 10.1. The minimum atomic E-state index is -4.39. The smallest absolute Gasteiger partial charge is 0.416 e. The van der Waals surface area contributed by atoms with E-state index in [1.54, 1.807) is 6.07 Å². The van der Waals surface area contributed by atoms with E-state index in [2.05, 4.69) is 9.80 Å². The number of nitrogens with zero attached hydrogens (tertiary/aromatic N) is 3. The zero-order valence-corrected chi connectivity index (χ0v) is 21.7. The highest BCUT2D eigenvalue weighted by molar-refractivity contribution is 7.99. The summed E-state index contributed by atoms with van der Waals surface area (Å²) in [4.78, 5) is 8.45. The summed E-state index contributed by atoms with van der Waals surface area (Å²) in [6, 6.07) is 9.85. The Hall–Kier alpha value is -1.98. The largest absolute Gasteiger partial charge is 0.465 e. The number of fused-ring (bicyclic) bond motifs is 2. The SMILES string of the molecule is OCCN1CCN(CCCN2c3ccc(OC4CCCCO4)cc3Sc3ccc(C(F)(F)F)cc32)CC1. The highest BCUT2D eigenvalue weighted by atomic mass is 32.2. The van der Waals surface area contributed by atoms with E-state index >= 15 is 0 Å². The Bertz CT molecular complexity index is 1060. The average Bonchev–Trinajstić information content (AvgIpc) is 2.89. The number of anilines is 2. The Labute approximate surface area is 220 Å². The predicted molar refractivity (Wildman–Crippen MR) is 138 cm³/mol. The van der Waals surface area contributed by atoms with Crippen LogP contribution in [0.4, 0.5) is 24.5 Å². The number of ether oxygens (including phenoxy) is 2. The molecular formula is C27H34F3N3O3S. The van der Waals surface area contributed by atoms with Crippen LogP contribution in [0.3, 0.4) is 0 Å². The van der Waals surface area contributed by atoms with Gasteiger partial charge in [-0.1, -0.05) is 11.8 Å². The molecule has 37 heavy (non-hydrogen) atoms. The van der Waals surface area contributed by atoms with E-state index in [1.807, 2.05) is 23.1 Å². The van der Waals surface area contributed by atoms with Crippen LogP contribution in [0.5, 0.6) is 5.75 Å². The fraction of sp³-hybridized carbons (Fsp3) is 0.556. The van der Waals surface area contributed by atoms with Crippen LogP contribution in [0.1, 0.15) is 31.2 Å². The Morgan fingerprint density at radius 3 is 2.41 bits per heavy atom. The lowest BCUT2D eigenvalue weighted by Crippen LogP contribution is -2.47. The molecule has 10 heteroatoms. The van der Waals surface area contributed by atoms with Gasteiger partial charge in [0.1, 0.15) is 5.75 Å². The Morgan fingerprint density at radius 2 is 1.70 bits per heavy atom. The molecule has 0 aliphatic carbocycles. The van der Waals surface area contributed by atoms with E-state index in [0.717, 1.165) is 80.0 Å². The molecule has 3 heterocycles. The molecule has 0 aromatic heterocycles. The molecule has 5 rings (SSSR count). The van der Waals surface area contributed by atoms with Crippen molar-refractivity contribution in [3.8, 4) is 5.75 Å². The molecule has 0 radical (unpaired) electrons. The van der Waals surface area contributed by atoms with Crippen LogP contribution in [0.25, 0.3) is 0 Å². The fourth-order valence-electron chi connectivity index (χ4n) is 5.14. The number of halogens is 3. The second kappa shape index (κ2) is 11.8. The van der Waals surface area contributed by atoms with Crippen LogP contribution in [0.2, 0.25) is 0 Å². The van der Waals surface area contributed by atoms with Gasteiger partial charge in [-0.2, -0.15) is 13.2 Å². The number of aliphatic hydroxyl groups excluding tert-OH is 1. The number of aliphatic hydroxyl groups is 1. The molecule has 1 unspecified atom stereocenters. The van der Waals surface area contributed by atoms with Gasteiger partial charge in [0, 0.05) is 55.5 Å². The molecule has 0 amide bonds. The standard InChI is InChI=1S/C27H34F3N3O3S/c28-27(29,30)20-5-8-24-23(18-20)33(10-3-9-31-11-13-32(14-12-31)15-16-34)22-7-6-21(19-25(22)37-24)36-26-4-1-2-17-35-26/h5-8,18-19,26,34H,1-4,9-17H2. The van der Waals surface area contributed by atoms with E-state index < -0.39 is 11.7 Å². The van der Waals surface area contributed by atoms with Crippen LogP contribution in [-0.2, 0) is 10.9 Å². The average molecular weight is 538 g/mol. The lowest BCUT2D eigenvalue weighted by molar-refractivity contribution is -0.137. The van der Waals surface area contributed by atoms with Crippen molar-refractivity contribution in [3.05, 3.63) is 42.0 Å². The number of alkyl halides is 3. The maximum absolute atomic E-state index is 13.6. The molecule has 0 saturated carbocycles. The van der Waals surface area contributed by atoms with Crippen molar-refractivity contribution in [1.82, 2.24) is 9.80 Å². The number of hydrogen-bond donors (Lipinski definition) is 1. The summed E-state index contributed by atoms with van der Waals surface area (Å²) in [6.07, 6.45) is -0.844. The minimum Gasteiger partial charge on any atom is -0.465 e. The van der Waals surface area contributed by atoms with Gasteiger partial charge in [-0.05, 0) is 62.2 Å². The van der Waals surface area contributed by atoms with E-state index in [1.165, 1.54) is 17.8 Å². The van der Waals surface area contributed by atoms with Gasteiger partial charge in [0.2, 0.25) is 0 Å². The summed E-state index contributed by atoms with van der Waals surface area (Å²) < 4.78 is 52.5. The van der Waals surface area contributed by atoms with Gasteiger partial charge in [-0.3, -0.25) is 4.90 Å². The monoisotopic (exact) mass is 537 g/mol. The maximum Gasteiger partial charge on any atom is 0.416 e. The summed E-state index contributed by atoms with van der Waals surface area (Å²) >= 11 is 1.48. The van der Waals surface area contributed by atoms with Crippen molar-refractivity contribution in [2.45, 2.75) is 47.9 Å². The van der Waals surface area contributed by atoms with E-state index in [4.69, 9.17) is 14.6 Å². The lowest BCUT2D eigenvalue weighted by Gasteiger charge is -2.36. The normalized spacial score (nSPS) is 21.0. The third-order valence-corrected chi connectivity index (χ3v) is 8.27. The summed E-state index contributed by atoms with van der Waals surface area (Å²) in [6.45, 7) is 6.79. The number of benzene rings is 2. The molecule has 6 nitrogen and oxygen atoms in total. The molecule has 3 aliphatic rings. The molecule has 2 fully saturated rings. The summed E-state index contributed by atoms with van der Waals surface area (Å²) in [7, 11) is 0. The van der Waals surface area contributed by atoms with Crippen LogP contribution in [0, 0.1) is 0 Å². The third kappa shape index (κ3) is 6.54. The summed E-state index contributed by atoms with van der Waals surface area (Å²) in [5, 5.41) is 9.15. The van der Waals surface area contributed by atoms with Gasteiger partial charge in [-0.25, -0.2) is 0 Å².